The van der Waals surface area contributed by atoms with Crippen LogP contribution in [0.2, 0.25) is 0 Å². The minimum atomic E-state index is -1.63. The molecule has 2 unspecified atom stereocenters. The second-order valence-electron chi connectivity index (χ2n) is 24.8. The fraction of sp³-hybridized carbons (Fsp3) is 0.750. The number of carbonyl (C=O) groups is 3. The summed E-state index contributed by atoms with van der Waals surface area (Å²) < 4.78 is 22.8. The van der Waals surface area contributed by atoms with E-state index in [-0.39, 0.29) is 38.6 Å². The van der Waals surface area contributed by atoms with Crippen LogP contribution in [-0.4, -0.2) is 82.3 Å². The SMILES string of the molecule is CC/C=C\C/C=C\C/C=C\C/C=C\C/C=C\C/C=C\C/C=C\C/C=C\CCCCCCCCC(=O)OC(COC(=O)CCCCCCCCCCCCCCCCCCCCCCCCCCCCCCC)COC(OCC[N+](C)(C)C)C(=O)[O-]. The van der Waals surface area contributed by atoms with Gasteiger partial charge in [0.1, 0.15) is 13.2 Å². The number of rotatable bonds is 65. The molecule has 0 amide bonds. The van der Waals surface area contributed by atoms with Gasteiger partial charge >= 0.3 is 11.9 Å². The van der Waals surface area contributed by atoms with E-state index in [0.29, 0.717) is 17.4 Å². The summed E-state index contributed by atoms with van der Waals surface area (Å²) in [6.45, 7) is 4.65. The van der Waals surface area contributed by atoms with E-state index in [0.717, 1.165) is 109 Å². The minimum Gasteiger partial charge on any atom is -0.545 e. The predicted octanol–water partition coefficient (Wildman–Crippen LogP) is 20.7. The predicted molar refractivity (Wildman–Crippen MR) is 361 cm³/mol. The molecule has 0 saturated heterocycles. The molecule has 0 radical (unpaired) electrons. The number of quaternary nitrogens is 1. The third-order valence-electron chi connectivity index (χ3n) is 15.3. The molecule has 0 aliphatic carbocycles. The Morgan fingerprint density at radius 1 is 0.365 bits per heavy atom. The van der Waals surface area contributed by atoms with Gasteiger partial charge in [-0.1, -0.05) is 317 Å². The molecule has 0 bridgehead atoms. The summed E-state index contributed by atoms with van der Waals surface area (Å²) in [5.41, 5.74) is 0. The van der Waals surface area contributed by atoms with Crippen molar-refractivity contribution >= 4 is 17.9 Å². The minimum absolute atomic E-state index is 0.141. The lowest BCUT2D eigenvalue weighted by Crippen LogP contribution is -2.44. The Labute approximate surface area is 524 Å². The maximum absolute atomic E-state index is 12.9. The molecule has 490 valence electrons. The molecule has 0 aromatic rings. The van der Waals surface area contributed by atoms with Gasteiger partial charge in [0.05, 0.1) is 40.3 Å². The Morgan fingerprint density at radius 3 is 1.00 bits per heavy atom. The van der Waals surface area contributed by atoms with Crippen molar-refractivity contribution in [2.75, 3.05) is 47.5 Å². The quantitative estimate of drug-likeness (QED) is 0.0195. The van der Waals surface area contributed by atoms with E-state index in [4.69, 9.17) is 18.9 Å². The number of carboxylic acids is 1. The van der Waals surface area contributed by atoms with Crippen LogP contribution in [0.4, 0.5) is 0 Å². The number of hydrogen-bond donors (Lipinski definition) is 0. The van der Waals surface area contributed by atoms with Crippen molar-refractivity contribution in [3.8, 4) is 0 Å². The summed E-state index contributed by atoms with van der Waals surface area (Å²) in [7, 11) is 5.93. The summed E-state index contributed by atoms with van der Waals surface area (Å²) in [5, 5.41) is 11.8. The maximum Gasteiger partial charge on any atom is 0.306 e. The fourth-order valence-electron chi connectivity index (χ4n) is 9.97. The summed E-state index contributed by atoms with van der Waals surface area (Å²) >= 11 is 0. The number of carbonyl (C=O) groups excluding carboxylic acids is 3. The monoisotopic (exact) mass is 1190 g/mol. The highest BCUT2D eigenvalue weighted by Crippen LogP contribution is 2.18. The first kappa shape index (κ1) is 81.2. The van der Waals surface area contributed by atoms with Crippen LogP contribution < -0.4 is 5.11 Å². The molecule has 2 atom stereocenters. The Hall–Kier alpha value is -3.79. The van der Waals surface area contributed by atoms with Crippen molar-refractivity contribution in [2.45, 2.75) is 322 Å². The van der Waals surface area contributed by atoms with Gasteiger partial charge in [-0.15, -0.1) is 0 Å². The topological polar surface area (TPSA) is 111 Å². The lowest BCUT2D eigenvalue weighted by molar-refractivity contribution is -0.870. The highest BCUT2D eigenvalue weighted by atomic mass is 16.7. The summed E-state index contributed by atoms with van der Waals surface area (Å²) in [5.74, 6) is -2.30. The van der Waals surface area contributed by atoms with E-state index in [1.165, 1.54) is 167 Å². The zero-order valence-corrected chi connectivity index (χ0v) is 56.0. The van der Waals surface area contributed by atoms with E-state index < -0.39 is 24.3 Å². The third kappa shape index (κ3) is 67.6. The highest BCUT2D eigenvalue weighted by molar-refractivity contribution is 5.70. The van der Waals surface area contributed by atoms with E-state index in [2.05, 4.69) is 111 Å². The van der Waals surface area contributed by atoms with Crippen LogP contribution in [0, 0.1) is 0 Å². The van der Waals surface area contributed by atoms with Gasteiger partial charge in [0.15, 0.2) is 12.4 Å². The lowest BCUT2D eigenvalue weighted by atomic mass is 10.0. The zero-order valence-electron chi connectivity index (χ0n) is 56.0. The van der Waals surface area contributed by atoms with Crippen LogP contribution in [0.3, 0.4) is 0 Å². The van der Waals surface area contributed by atoms with Crippen LogP contribution in [0.25, 0.3) is 0 Å². The third-order valence-corrected chi connectivity index (χ3v) is 15.3. The number of aliphatic carboxylic acids is 1. The van der Waals surface area contributed by atoms with Gasteiger partial charge in [-0.05, 0) is 77.0 Å². The van der Waals surface area contributed by atoms with Crippen molar-refractivity contribution in [1.29, 1.82) is 0 Å². The van der Waals surface area contributed by atoms with Gasteiger partial charge in [0.25, 0.3) is 0 Å². The molecular weight excluding hydrogens is 1050 g/mol. The highest BCUT2D eigenvalue weighted by Gasteiger charge is 2.22. The van der Waals surface area contributed by atoms with Crippen molar-refractivity contribution in [1.82, 2.24) is 0 Å². The number of esters is 2. The van der Waals surface area contributed by atoms with Gasteiger partial charge in [-0.25, -0.2) is 0 Å². The number of allylic oxidation sites excluding steroid dienone is 16. The van der Waals surface area contributed by atoms with Gasteiger partial charge < -0.3 is 33.3 Å². The van der Waals surface area contributed by atoms with E-state index >= 15 is 0 Å². The molecule has 9 nitrogen and oxygen atoms in total. The van der Waals surface area contributed by atoms with Gasteiger partial charge in [0.2, 0.25) is 0 Å². The zero-order chi connectivity index (χ0) is 61.9. The molecule has 9 heteroatoms. The largest absolute Gasteiger partial charge is 0.545 e. The van der Waals surface area contributed by atoms with E-state index in [1.807, 2.05) is 21.1 Å². The molecule has 0 saturated carbocycles. The molecule has 85 heavy (non-hydrogen) atoms. The van der Waals surface area contributed by atoms with E-state index in [1.54, 1.807) is 0 Å². The Balaban J connectivity index is 4.16. The van der Waals surface area contributed by atoms with Gasteiger partial charge in [-0.3, -0.25) is 9.59 Å². The average molecular weight is 1190 g/mol. The van der Waals surface area contributed by atoms with Crippen LogP contribution in [0.15, 0.2) is 97.2 Å². The first-order valence-electron chi connectivity index (χ1n) is 35.4. The molecule has 0 aliphatic heterocycles. The first-order chi connectivity index (χ1) is 41.6. The van der Waals surface area contributed by atoms with Crippen LogP contribution in [-0.2, 0) is 33.3 Å². The van der Waals surface area contributed by atoms with Gasteiger partial charge in [0, 0.05) is 12.8 Å². The first-order valence-corrected chi connectivity index (χ1v) is 35.4. The number of nitrogens with zero attached hydrogens (tertiary/aromatic N) is 1. The molecule has 0 N–H and O–H groups in total. The fourth-order valence-corrected chi connectivity index (χ4v) is 9.97. The normalized spacial score (nSPS) is 13.3. The Kier molecular flexibility index (Phi) is 63.2. The molecule has 0 aliphatic rings. The number of ether oxygens (including phenoxy) is 4. The molecule has 0 spiro atoms. The lowest BCUT2D eigenvalue weighted by Gasteiger charge is -2.26. The van der Waals surface area contributed by atoms with Crippen molar-refractivity contribution in [3.63, 3.8) is 0 Å². The second-order valence-corrected chi connectivity index (χ2v) is 24.8. The summed E-state index contributed by atoms with van der Waals surface area (Å²) in [6.07, 6.45) is 87.8. The maximum atomic E-state index is 12.9. The molecule has 0 aromatic carbocycles. The van der Waals surface area contributed by atoms with Crippen LogP contribution in [0.1, 0.15) is 309 Å². The number of carboxylic acid groups (broad SMARTS) is 1. The van der Waals surface area contributed by atoms with Crippen LogP contribution >= 0.6 is 0 Å². The molecule has 0 heterocycles. The Morgan fingerprint density at radius 2 is 0.671 bits per heavy atom. The van der Waals surface area contributed by atoms with Crippen molar-refractivity contribution in [3.05, 3.63) is 97.2 Å². The molecule has 0 rings (SSSR count). The summed E-state index contributed by atoms with van der Waals surface area (Å²) in [4.78, 5) is 37.5. The molecule has 0 fully saturated rings. The van der Waals surface area contributed by atoms with Crippen molar-refractivity contribution < 1.29 is 42.9 Å². The number of likely N-dealkylation sites (N-methyl/N-ethyl adjacent to an activating group) is 1. The number of hydrogen-bond acceptors (Lipinski definition) is 8. The smallest absolute Gasteiger partial charge is 0.306 e. The summed E-state index contributed by atoms with van der Waals surface area (Å²) in [6, 6.07) is 0. The van der Waals surface area contributed by atoms with Crippen LogP contribution in [0.5, 0.6) is 0 Å². The Bertz CT molecular complexity index is 1720. The molecule has 0 aromatic heterocycles. The van der Waals surface area contributed by atoms with Crippen molar-refractivity contribution in [2.24, 2.45) is 0 Å². The molecular formula is C76H133NO8. The van der Waals surface area contributed by atoms with E-state index in [9.17, 15) is 19.5 Å². The average Bonchev–Trinajstić information content (AvgIpc) is 3.49. The standard InChI is InChI=1S/C76H133NO8/c1-6-8-10-12-14-16-18-20-22-24-26-28-30-32-34-36-37-39-41-43-45-47-49-51-53-55-57-59-61-63-65-67-74(79)85-72(71-84-76(75(80)81)82-69-68-77(3,4)5)70-83-73(78)66-64-62-60-58-56-54-52-50-48-46-44-42-40-38-35-33-31-29-27-25-23-21-19-17-15-13-11-9-7-2/h8,10,14,16,20,22,26,28,32,34,37,39,43,45,49,51,72,76H,6-7,9,11-13,15,17-19,21,23-25,27,29-31,33,35-36,38,40-42,44,46-48,50,52-71H2,1-5H3/b10-8-,16-14-,22-20-,28-26-,34-32-,39-37-,45-43-,51-49-. The second kappa shape index (κ2) is 66.2. The number of unbranched alkanes of at least 4 members (excludes halogenated alkanes) is 34. The van der Waals surface area contributed by atoms with Gasteiger partial charge in [-0.2, -0.15) is 0 Å².